The van der Waals surface area contributed by atoms with Gasteiger partial charge in [-0.05, 0) is 84.1 Å². The Hall–Kier alpha value is -4.91. The van der Waals surface area contributed by atoms with Crippen molar-refractivity contribution in [3.05, 3.63) is 119 Å². The first kappa shape index (κ1) is 27.6. The largest absolute Gasteiger partial charge is 0.507 e. The first-order valence-electron chi connectivity index (χ1n) is 13.3. The minimum absolute atomic E-state index is 0.00638. The number of hydrogen-bond donors (Lipinski definition) is 1. The van der Waals surface area contributed by atoms with Crippen LogP contribution in [-0.4, -0.2) is 28.9 Å². The number of Topliss-reactive ketones (excluding diaryl/α,β-unsaturated/α-hetero) is 1. The maximum absolute atomic E-state index is 13.6. The normalized spacial score (nSPS) is 16.6. The Morgan fingerprint density at radius 2 is 1.68 bits per heavy atom. The molecular formula is C34H32N2O5. The lowest BCUT2D eigenvalue weighted by Gasteiger charge is -2.26. The van der Waals surface area contributed by atoms with Gasteiger partial charge in [-0.3, -0.25) is 19.5 Å². The highest BCUT2D eigenvalue weighted by atomic mass is 16.5. The Kier molecular flexibility index (Phi) is 7.37. The third-order valence-electron chi connectivity index (χ3n) is 7.07. The maximum Gasteiger partial charge on any atom is 0.300 e. The summed E-state index contributed by atoms with van der Waals surface area (Å²) in [6.45, 7) is 8.10. The van der Waals surface area contributed by atoms with E-state index >= 15 is 0 Å². The molecule has 7 heteroatoms. The van der Waals surface area contributed by atoms with Crippen LogP contribution in [0.1, 0.15) is 49.1 Å². The summed E-state index contributed by atoms with van der Waals surface area (Å²) in [5, 5.41) is 11.6. The molecule has 3 aromatic carbocycles. The molecule has 0 spiro atoms. The minimum atomic E-state index is -0.882. The second-order valence-electron chi connectivity index (χ2n) is 11.0. The zero-order chi connectivity index (χ0) is 29.3. The van der Waals surface area contributed by atoms with E-state index in [1.54, 1.807) is 74.1 Å². The fourth-order valence-corrected chi connectivity index (χ4v) is 5.04. The molecule has 7 nitrogen and oxygen atoms in total. The van der Waals surface area contributed by atoms with Gasteiger partial charge in [0.2, 0.25) is 0 Å². The van der Waals surface area contributed by atoms with Crippen molar-refractivity contribution in [3.63, 3.8) is 0 Å². The fourth-order valence-electron chi connectivity index (χ4n) is 5.04. The van der Waals surface area contributed by atoms with E-state index in [2.05, 4.69) is 4.98 Å². The Bertz CT molecular complexity index is 1640. The van der Waals surface area contributed by atoms with E-state index in [-0.39, 0.29) is 16.7 Å². The molecule has 1 amide bonds. The number of carbonyl (C=O) groups excluding carboxylic acids is 2. The maximum atomic E-state index is 13.6. The van der Waals surface area contributed by atoms with Gasteiger partial charge in [-0.1, -0.05) is 39.0 Å². The Morgan fingerprint density at radius 1 is 0.927 bits per heavy atom. The molecule has 0 bridgehead atoms. The fraction of sp³-hybridized carbons (Fsp3) is 0.206. The van der Waals surface area contributed by atoms with E-state index in [0.717, 1.165) is 11.1 Å². The number of anilines is 1. The Labute approximate surface area is 239 Å². The number of rotatable bonds is 6. The van der Waals surface area contributed by atoms with Crippen LogP contribution < -0.4 is 14.4 Å². The molecule has 0 saturated carbocycles. The highest BCUT2D eigenvalue weighted by Gasteiger charge is 2.47. The van der Waals surface area contributed by atoms with Crippen molar-refractivity contribution in [2.45, 2.75) is 39.2 Å². The molecule has 1 aromatic heterocycles. The molecule has 1 N–H and O–H groups in total. The summed E-state index contributed by atoms with van der Waals surface area (Å²) in [6, 6.07) is 22.5. The van der Waals surface area contributed by atoms with Crippen molar-refractivity contribution in [3.8, 4) is 17.2 Å². The van der Waals surface area contributed by atoms with E-state index < -0.39 is 17.7 Å². The number of aryl methyl sites for hydroxylation is 1. The van der Waals surface area contributed by atoms with Crippen LogP contribution in [0.2, 0.25) is 0 Å². The lowest BCUT2D eigenvalue weighted by molar-refractivity contribution is -0.132. The van der Waals surface area contributed by atoms with Gasteiger partial charge in [-0.2, -0.15) is 0 Å². The summed E-state index contributed by atoms with van der Waals surface area (Å²) in [7, 11) is 1.59. The predicted molar refractivity (Wildman–Crippen MR) is 158 cm³/mol. The zero-order valence-electron chi connectivity index (χ0n) is 23.7. The topological polar surface area (TPSA) is 89.0 Å². The van der Waals surface area contributed by atoms with Crippen LogP contribution in [0.25, 0.3) is 5.76 Å². The number of aliphatic hydroxyl groups is 1. The van der Waals surface area contributed by atoms with Crippen LogP contribution in [0.5, 0.6) is 17.2 Å². The molecule has 1 atom stereocenters. The summed E-state index contributed by atoms with van der Waals surface area (Å²) in [4.78, 5) is 32.7. The smallest absolute Gasteiger partial charge is 0.300 e. The van der Waals surface area contributed by atoms with Crippen LogP contribution in [-0.2, 0) is 15.0 Å². The lowest BCUT2D eigenvalue weighted by Crippen LogP contribution is -2.29. The molecule has 0 radical (unpaired) electrons. The number of ether oxygens (including phenoxy) is 2. The van der Waals surface area contributed by atoms with Gasteiger partial charge in [0, 0.05) is 29.2 Å². The van der Waals surface area contributed by atoms with Gasteiger partial charge in [0.15, 0.2) is 0 Å². The zero-order valence-corrected chi connectivity index (χ0v) is 23.7. The van der Waals surface area contributed by atoms with Crippen molar-refractivity contribution in [2.24, 2.45) is 0 Å². The van der Waals surface area contributed by atoms with E-state index in [4.69, 9.17) is 9.47 Å². The number of nitrogens with zero attached hydrogens (tertiary/aromatic N) is 2. The summed E-state index contributed by atoms with van der Waals surface area (Å²) in [5.41, 5.74) is 3.14. The molecule has 5 rings (SSSR count). The minimum Gasteiger partial charge on any atom is -0.507 e. The number of ketones is 1. The molecule has 1 fully saturated rings. The number of aromatic nitrogens is 1. The van der Waals surface area contributed by atoms with Crippen molar-refractivity contribution >= 4 is 23.1 Å². The number of amides is 1. The molecule has 4 aromatic rings. The molecule has 1 unspecified atom stereocenters. The highest BCUT2D eigenvalue weighted by Crippen LogP contribution is 2.43. The number of hydrogen-bond acceptors (Lipinski definition) is 6. The Balaban J connectivity index is 1.59. The molecule has 1 saturated heterocycles. The van der Waals surface area contributed by atoms with Gasteiger partial charge in [0.25, 0.3) is 11.7 Å². The summed E-state index contributed by atoms with van der Waals surface area (Å²) in [5.74, 6) is 0.185. The van der Waals surface area contributed by atoms with Gasteiger partial charge < -0.3 is 14.6 Å². The lowest BCUT2D eigenvalue weighted by atomic mass is 9.84. The molecule has 41 heavy (non-hydrogen) atoms. The van der Waals surface area contributed by atoms with Crippen molar-refractivity contribution in [1.82, 2.24) is 4.98 Å². The van der Waals surface area contributed by atoms with E-state index in [0.29, 0.717) is 34.1 Å². The van der Waals surface area contributed by atoms with E-state index in [1.165, 1.54) is 4.90 Å². The number of carbonyl (C=O) groups is 2. The first-order chi connectivity index (χ1) is 19.6. The van der Waals surface area contributed by atoms with Crippen LogP contribution in [0, 0.1) is 6.92 Å². The summed E-state index contributed by atoms with van der Waals surface area (Å²) < 4.78 is 11.5. The predicted octanol–water partition coefficient (Wildman–Crippen LogP) is 7.11. The monoisotopic (exact) mass is 548 g/mol. The van der Waals surface area contributed by atoms with E-state index in [1.807, 2.05) is 52.0 Å². The van der Waals surface area contributed by atoms with Gasteiger partial charge >= 0.3 is 0 Å². The molecular weight excluding hydrogens is 516 g/mol. The van der Waals surface area contributed by atoms with Crippen LogP contribution in [0.3, 0.4) is 0 Å². The van der Waals surface area contributed by atoms with Crippen molar-refractivity contribution < 1.29 is 24.2 Å². The highest BCUT2D eigenvalue weighted by molar-refractivity contribution is 6.51. The number of benzene rings is 3. The van der Waals surface area contributed by atoms with Crippen molar-refractivity contribution in [2.75, 3.05) is 12.0 Å². The number of pyridine rings is 1. The molecule has 2 heterocycles. The van der Waals surface area contributed by atoms with Crippen LogP contribution in [0.4, 0.5) is 5.69 Å². The SMILES string of the molecule is COc1ccc(/C(O)=C2/C(=O)C(=O)N(c3ccc(Oc4cccc(C)c4)cc3)C2c2cccnc2)cc1C(C)(C)C. The van der Waals surface area contributed by atoms with Gasteiger partial charge in [0.1, 0.15) is 23.0 Å². The first-order valence-corrected chi connectivity index (χ1v) is 13.3. The molecule has 0 aliphatic carbocycles. The number of methoxy groups -OCH3 is 1. The molecule has 208 valence electrons. The third-order valence-corrected chi connectivity index (χ3v) is 7.07. The standard InChI is InChI=1S/C34H32N2O5/c1-21-8-6-10-26(18-21)41-25-14-12-24(13-15-25)36-30(23-9-7-17-35-20-23)29(32(38)33(36)39)31(37)22-11-16-28(40-5)27(19-22)34(2,3)4/h6-20,30,37H,1-5H3/b31-29-. The molecule has 1 aliphatic rings. The van der Waals surface area contributed by atoms with Crippen LogP contribution >= 0.6 is 0 Å². The second-order valence-corrected chi connectivity index (χ2v) is 11.0. The van der Waals surface area contributed by atoms with Gasteiger partial charge in [-0.25, -0.2) is 0 Å². The second kappa shape index (κ2) is 10.9. The quantitative estimate of drug-likeness (QED) is 0.157. The van der Waals surface area contributed by atoms with Gasteiger partial charge in [-0.15, -0.1) is 0 Å². The van der Waals surface area contributed by atoms with Gasteiger partial charge in [0.05, 0.1) is 18.7 Å². The van der Waals surface area contributed by atoms with Crippen LogP contribution in [0.15, 0.2) is 96.8 Å². The summed E-state index contributed by atoms with van der Waals surface area (Å²) in [6.07, 6.45) is 3.22. The van der Waals surface area contributed by atoms with Crippen molar-refractivity contribution in [1.29, 1.82) is 0 Å². The average molecular weight is 549 g/mol. The van der Waals surface area contributed by atoms with E-state index in [9.17, 15) is 14.7 Å². The number of aliphatic hydroxyl groups excluding tert-OH is 1. The Morgan fingerprint density at radius 3 is 2.32 bits per heavy atom. The third kappa shape index (κ3) is 5.43. The molecule has 1 aliphatic heterocycles. The average Bonchev–Trinajstić information content (AvgIpc) is 3.22. The summed E-state index contributed by atoms with van der Waals surface area (Å²) >= 11 is 0.